The molecule has 0 aromatic heterocycles. The lowest BCUT2D eigenvalue weighted by Gasteiger charge is -1.99. The Balaban J connectivity index is 2.29. The number of nitrogens with zero attached hydrogens (tertiary/aromatic N) is 1. The topological polar surface area (TPSA) is 49.7 Å². The van der Waals surface area contributed by atoms with Crippen molar-refractivity contribution in [1.82, 2.24) is 0 Å². The number of rotatable bonds is 2. The van der Waals surface area contributed by atoms with Crippen LogP contribution in [0.1, 0.15) is 5.56 Å². The second kappa shape index (κ2) is 4.21. The summed E-state index contributed by atoms with van der Waals surface area (Å²) in [5.74, 6) is -2.57. The molecule has 1 aromatic carbocycles. The van der Waals surface area contributed by atoms with Crippen LogP contribution < -0.4 is 0 Å². The fourth-order valence-corrected chi connectivity index (χ4v) is 2.32. The first-order valence-corrected chi connectivity index (χ1v) is 5.45. The highest BCUT2D eigenvalue weighted by Crippen LogP contribution is 2.24. The second-order valence-electron chi connectivity index (χ2n) is 3.23. The maximum absolute atomic E-state index is 12.9. The van der Waals surface area contributed by atoms with Crippen LogP contribution in [-0.2, 0) is 4.79 Å². The quantitative estimate of drug-likeness (QED) is 0.863. The van der Waals surface area contributed by atoms with Gasteiger partial charge in [-0.2, -0.15) is 0 Å². The summed E-state index contributed by atoms with van der Waals surface area (Å²) in [4.78, 5) is 14.6. The third kappa shape index (κ3) is 2.06. The Kier molecular flexibility index (Phi) is 2.91. The third-order valence-electron chi connectivity index (χ3n) is 2.10. The number of carboxylic acid groups (broad SMARTS) is 1. The molecule has 0 radical (unpaired) electrons. The van der Waals surface area contributed by atoms with Crippen LogP contribution in [0, 0.1) is 11.6 Å². The van der Waals surface area contributed by atoms with Gasteiger partial charge in [0.15, 0.2) is 17.7 Å². The molecule has 1 heterocycles. The molecule has 0 spiro atoms. The van der Waals surface area contributed by atoms with E-state index in [9.17, 15) is 13.6 Å². The van der Waals surface area contributed by atoms with Crippen molar-refractivity contribution in [3.63, 3.8) is 0 Å². The number of halogens is 2. The van der Waals surface area contributed by atoms with E-state index in [0.29, 0.717) is 16.4 Å². The molecule has 1 aromatic rings. The number of hydrogen-bond donors (Lipinski definition) is 1. The van der Waals surface area contributed by atoms with Gasteiger partial charge >= 0.3 is 5.97 Å². The zero-order valence-electron chi connectivity index (χ0n) is 7.98. The van der Waals surface area contributed by atoms with Crippen LogP contribution in [0.15, 0.2) is 23.2 Å². The molecule has 1 atom stereocenters. The van der Waals surface area contributed by atoms with E-state index in [-0.39, 0.29) is 0 Å². The van der Waals surface area contributed by atoms with E-state index < -0.39 is 23.6 Å². The van der Waals surface area contributed by atoms with Crippen molar-refractivity contribution in [3.8, 4) is 0 Å². The van der Waals surface area contributed by atoms with E-state index in [4.69, 9.17) is 5.11 Å². The summed E-state index contributed by atoms with van der Waals surface area (Å²) in [6.45, 7) is 0. The lowest BCUT2D eigenvalue weighted by molar-refractivity contribution is -0.137. The molecule has 16 heavy (non-hydrogen) atoms. The molecule has 1 N–H and O–H groups in total. The average molecular weight is 243 g/mol. The van der Waals surface area contributed by atoms with Crippen LogP contribution >= 0.6 is 11.8 Å². The summed E-state index contributed by atoms with van der Waals surface area (Å²) in [5.41, 5.74) is 0.410. The monoisotopic (exact) mass is 243 g/mol. The SMILES string of the molecule is O=C(O)C1CSC(c2ccc(F)c(F)c2)=N1. The Hall–Kier alpha value is -1.43. The number of benzene rings is 1. The Morgan fingerprint density at radius 1 is 1.44 bits per heavy atom. The predicted molar refractivity (Wildman–Crippen MR) is 56.8 cm³/mol. The normalized spacial score (nSPS) is 19.6. The number of carboxylic acids is 1. The zero-order chi connectivity index (χ0) is 11.7. The summed E-state index contributed by atoms with van der Waals surface area (Å²) in [7, 11) is 0. The van der Waals surface area contributed by atoms with Crippen molar-refractivity contribution in [2.75, 3.05) is 5.75 Å². The van der Waals surface area contributed by atoms with Gasteiger partial charge in [0.1, 0.15) is 0 Å². The van der Waals surface area contributed by atoms with Gasteiger partial charge in [0.05, 0.1) is 5.04 Å². The van der Waals surface area contributed by atoms with Crippen LogP contribution in [0.2, 0.25) is 0 Å². The molecule has 0 saturated carbocycles. The van der Waals surface area contributed by atoms with Crippen molar-refractivity contribution < 1.29 is 18.7 Å². The molecular weight excluding hydrogens is 236 g/mol. The van der Waals surface area contributed by atoms with Crippen LogP contribution in [0.5, 0.6) is 0 Å². The Labute approximate surface area is 94.2 Å². The lowest BCUT2D eigenvalue weighted by atomic mass is 10.2. The van der Waals surface area contributed by atoms with Gasteiger partial charge < -0.3 is 5.11 Å². The molecule has 0 aliphatic carbocycles. The molecule has 1 unspecified atom stereocenters. The highest BCUT2D eigenvalue weighted by Gasteiger charge is 2.25. The van der Waals surface area contributed by atoms with E-state index in [1.807, 2.05) is 0 Å². The average Bonchev–Trinajstić information content (AvgIpc) is 2.71. The molecule has 0 amide bonds. The van der Waals surface area contributed by atoms with Gasteiger partial charge in [-0.05, 0) is 18.2 Å². The van der Waals surface area contributed by atoms with Gasteiger partial charge in [-0.3, -0.25) is 4.99 Å². The van der Waals surface area contributed by atoms with Crippen molar-refractivity contribution in [2.45, 2.75) is 6.04 Å². The van der Waals surface area contributed by atoms with Crippen molar-refractivity contribution >= 4 is 22.8 Å². The zero-order valence-corrected chi connectivity index (χ0v) is 8.80. The molecule has 0 fully saturated rings. The molecule has 6 heteroatoms. The second-order valence-corrected chi connectivity index (χ2v) is 4.24. The number of thioether (sulfide) groups is 1. The van der Waals surface area contributed by atoms with Gasteiger partial charge in [0.25, 0.3) is 0 Å². The smallest absolute Gasteiger partial charge is 0.329 e. The fraction of sp³-hybridized carbons (Fsp3) is 0.200. The Morgan fingerprint density at radius 2 is 2.19 bits per heavy atom. The summed E-state index contributed by atoms with van der Waals surface area (Å²) < 4.78 is 25.6. The van der Waals surface area contributed by atoms with E-state index in [1.54, 1.807) is 0 Å². The molecule has 3 nitrogen and oxygen atoms in total. The Bertz CT molecular complexity index is 476. The minimum Gasteiger partial charge on any atom is -0.480 e. The van der Waals surface area contributed by atoms with Gasteiger partial charge in [-0.25, -0.2) is 13.6 Å². The summed E-state index contributed by atoms with van der Waals surface area (Å²) in [6.07, 6.45) is 0. The first-order chi connectivity index (χ1) is 7.58. The molecule has 2 rings (SSSR count). The molecule has 84 valence electrons. The predicted octanol–water partition coefficient (Wildman–Crippen LogP) is 1.91. The van der Waals surface area contributed by atoms with Gasteiger partial charge in [-0.1, -0.05) is 0 Å². The highest BCUT2D eigenvalue weighted by molar-refractivity contribution is 8.14. The number of carbonyl (C=O) groups is 1. The largest absolute Gasteiger partial charge is 0.480 e. The highest BCUT2D eigenvalue weighted by atomic mass is 32.2. The molecule has 1 aliphatic heterocycles. The van der Waals surface area contributed by atoms with Gasteiger partial charge in [-0.15, -0.1) is 11.8 Å². The minimum absolute atomic E-state index is 0.323. The van der Waals surface area contributed by atoms with Crippen molar-refractivity contribution in [2.24, 2.45) is 4.99 Å². The summed E-state index contributed by atoms with van der Waals surface area (Å²) >= 11 is 1.23. The number of aliphatic imine (C=N–C) groups is 1. The minimum atomic E-state index is -1.01. The van der Waals surface area contributed by atoms with E-state index in [1.165, 1.54) is 17.8 Å². The number of hydrogen-bond acceptors (Lipinski definition) is 3. The standard InChI is InChI=1S/C10H7F2NO2S/c11-6-2-1-5(3-7(6)12)9-13-8(4-16-9)10(14)15/h1-3,8H,4H2,(H,14,15). The van der Waals surface area contributed by atoms with Gasteiger partial charge in [0.2, 0.25) is 0 Å². The van der Waals surface area contributed by atoms with Gasteiger partial charge in [0, 0.05) is 11.3 Å². The Morgan fingerprint density at radius 3 is 2.75 bits per heavy atom. The maximum Gasteiger partial charge on any atom is 0.329 e. The summed E-state index contributed by atoms with van der Waals surface area (Å²) in [5, 5.41) is 9.16. The maximum atomic E-state index is 12.9. The molecule has 0 bridgehead atoms. The third-order valence-corrected chi connectivity index (χ3v) is 3.20. The van der Waals surface area contributed by atoms with Crippen molar-refractivity contribution in [3.05, 3.63) is 35.4 Å². The first kappa shape index (κ1) is 11.1. The molecular formula is C10H7F2NO2S. The fourth-order valence-electron chi connectivity index (χ4n) is 1.29. The molecule has 0 saturated heterocycles. The van der Waals surface area contributed by atoms with Crippen molar-refractivity contribution in [1.29, 1.82) is 0 Å². The first-order valence-electron chi connectivity index (χ1n) is 4.47. The van der Waals surface area contributed by atoms with Crippen LogP contribution in [0.3, 0.4) is 0 Å². The van der Waals surface area contributed by atoms with Crippen LogP contribution in [0.4, 0.5) is 8.78 Å². The van der Waals surface area contributed by atoms with Crippen LogP contribution in [0.25, 0.3) is 0 Å². The van der Waals surface area contributed by atoms with Crippen LogP contribution in [-0.4, -0.2) is 27.9 Å². The number of aliphatic carboxylic acids is 1. The van der Waals surface area contributed by atoms with E-state index in [0.717, 1.165) is 12.1 Å². The molecule has 1 aliphatic rings. The lowest BCUT2D eigenvalue weighted by Crippen LogP contribution is -2.17. The van der Waals surface area contributed by atoms with E-state index in [2.05, 4.69) is 4.99 Å². The van der Waals surface area contributed by atoms with E-state index >= 15 is 0 Å². The summed E-state index contributed by atoms with van der Waals surface area (Å²) in [6, 6.07) is 2.61.